The third-order valence-electron chi connectivity index (χ3n) is 2.71. The maximum atomic E-state index is 5.40. The van der Waals surface area contributed by atoms with Gasteiger partial charge in [-0.1, -0.05) is 42.8 Å². The summed E-state index contributed by atoms with van der Waals surface area (Å²) >= 11 is 0. The van der Waals surface area contributed by atoms with Crippen molar-refractivity contribution >= 4 is 5.70 Å². The summed E-state index contributed by atoms with van der Waals surface area (Å²) in [6.45, 7) is 4.00. The molecule has 0 bridgehead atoms. The fourth-order valence-electron chi connectivity index (χ4n) is 1.73. The monoisotopic (exact) mass is 207 g/mol. The van der Waals surface area contributed by atoms with Crippen LogP contribution in [0.3, 0.4) is 0 Å². The maximum absolute atomic E-state index is 5.40. The van der Waals surface area contributed by atoms with E-state index in [1.165, 1.54) is 5.56 Å². The summed E-state index contributed by atoms with van der Waals surface area (Å²) in [7, 11) is 1.98. The lowest BCUT2D eigenvalue weighted by atomic mass is 10.0. The quantitative estimate of drug-likeness (QED) is 0.640. The Hall–Kier alpha value is -2.20. The molecular formula is C15H13N. The Kier molecular flexibility index (Phi) is 2.66. The lowest BCUT2D eigenvalue weighted by molar-refractivity contribution is 0.609. The molecule has 16 heavy (non-hydrogen) atoms. The SMILES string of the molecule is C#CC1=CC=C(c2ccccc2)N(C)C1=C. The van der Waals surface area contributed by atoms with Gasteiger partial charge in [0.2, 0.25) is 0 Å². The number of allylic oxidation sites excluding steroid dienone is 3. The highest BCUT2D eigenvalue weighted by atomic mass is 15.1. The second kappa shape index (κ2) is 4.12. The smallest absolute Gasteiger partial charge is 0.0494 e. The number of hydrogen-bond donors (Lipinski definition) is 0. The molecular weight excluding hydrogens is 194 g/mol. The molecule has 0 saturated heterocycles. The first-order valence-corrected chi connectivity index (χ1v) is 5.11. The first-order chi connectivity index (χ1) is 7.74. The Morgan fingerprint density at radius 2 is 1.88 bits per heavy atom. The van der Waals surface area contributed by atoms with E-state index in [2.05, 4.69) is 24.6 Å². The lowest BCUT2D eigenvalue weighted by Crippen LogP contribution is -2.19. The Balaban J connectivity index is 2.45. The van der Waals surface area contributed by atoms with E-state index >= 15 is 0 Å². The van der Waals surface area contributed by atoms with Gasteiger partial charge in [-0.25, -0.2) is 0 Å². The molecule has 0 fully saturated rings. The zero-order valence-electron chi connectivity index (χ0n) is 9.27. The first-order valence-electron chi connectivity index (χ1n) is 5.11. The summed E-state index contributed by atoms with van der Waals surface area (Å²) in [6, 6.07) is 10.2. The minimum absolute atomic E-state index is 0.835. The van der Waals surface area contributed by atoms with Crippen LogP contribution in [0.2, 0.25) is 0 Å². The second-order valence-electron chi connectivity index (χ2n) is 3.65. The van der Waals surface area contributed by atoms with Crippen molar-refractivity contribution < 1.29 is 0 Å². The van der Waals surface area contributed by atoms with Crippen molar-refractivity contribution in [2.24, 2.45) is 0 Å². The van der Waals surface area contributed by atoms with Gasteiger partial charge in [0.15, 0.2) is 0 Å². The van der Waals surface area contributed by atoms with E-state index in [4.69, 9.17) is 6.42 Å². The number of likely N-dealkylation sites (N-methyl/N-ethyl adjacent to an activating group) is 1. The summed E-state index contributed by atoms with van der Waals surface area (Å²) in [4.78, 5) is 2.02. The fraction of sp³-hybridized carbons (Fsp3) is 0.0667. The molecule has 1 aliphatic rings. The molecule has 1 nitrogen and oxygen atoms in total. The zero-order chi connectivity index (χ0) is 11.5. The van der Waals surface area contributed by atoms with E-state index in [0.717, 1.165) is 17.0 Å². The third-order valence-corrected chi connectivity index (χ3v) is 2.71. The van der Waals surface area contributed by atoms with Crippen LogP contribution in [-0.4, -0.2) is 11.9 Å². The van der Waals surface area contributed by atoms with E-state index in [-0.39, 0.29) is 0 Å². The van der Waals surface area contributed by atoms with Crippen LogP contribution in [0.5, 0.6) is 0 Å². The van der Waals surface area contributed by atoms with Crippen LogP contribution >= 0.6 is 0 Å². The van der Waals surface area contributed by atoms with Gasteiger partial charge >= 0.3 is 0 Å². The van der Waals surface area contributed by atoms with Crippen molar-refractivity contribution in [3.05, 3.63) is 65.9 Å². The zero-order valence-corrected chi connectivity index (χ0v) is 9.27. The predicted molar refractivity (Wildman–Crippen MR) is 68.2 cm³/mol. The van der Waals surface area contributed by atoms with Crippen molar-refractivity contribution in [2.75, 3.05) is 7.05 Å². The van der Waals surface area contributed by atoms with Crippen molar-refractivity contribution in [2.45, 2.75) is 0 Å². The molecule has 2 rings (SSSR count). The third kappa shape index (κ3) is 1.66. The van der Waals surface area contributed by atoms with E-state index in [1.54, 1.807) is 0 Å². The molecule has 0 N–H and O–H groups in total. The highest BCUT2D eigenvalue weighted by Crippen LogP contribution is 2.28. The van der Waals surface area contributed by atoms with Crippen LogP contribution in [0.4, 0.5) is 0 Å². The van der Waals surface area contributed by atoms with Gasteiger partial charge in [-0.2, -0.15) is 0 Å². The maximum Gasteiger partial charge on any atom is 0.0494 e. The van der Waals surface area contributed by atoms with Gasteiger partial charge in [0.25, 0.3) is 0 Å². The molecule has 0 spiro atoms. The van der Waals surface area contributed by atoms with E-state index in [0.29, 0.717) is 0 Å². The minimum Gasteiger partial charge on any atom is -0.344 e. The van der Waals surface area contributed by atoms with Gasteiger partial charge < -0.3 is 4.90 Å². The molecule has 0 atom stereocenters. The number of nitrogens with zero attached hydrogens (tertiary/aromatic N) is 1. The van der Waals surface area contributed by atoms with Gasteiger partial charge in [0, 0.05) is 24.0 Å². The Morgan fingerprint density at radius 1 is 1.19 bits per heavy atom. The number of benzene rings is 1. The van der Waals surface area contributed by atoms with Crippen molar-refractivity contribution in [3.8, 4) is 12.3 Å². The molecule has 1 aromatic rings. The molecule has 1 aliphatic heterocycles. The summed E-state index contributed by atoms with van der Waals surface area (Å²) in [5.74, 6) is 2.63. The lowest BCUT2D eigenvalue weighted by Gasteiger charge is -2.27. The minimum atomic E-state index is 0.835. The van der Waals surface area contributed by atoms with Gasteiger partial charge in [-0.3, -0.25) is 0 Å². The Morgan fingerprint density at radius 3 is 2.50 bits per heavy atom. The van der Waals surface area contributed by atoms with Gasteiger partial charge in [0.1, 0.15) is 0 Å². The molecule has 1 heterocycles. The highest BCUT2D eigenvalue weighted by molar-refractivity contribution is 5.71. The molecule has 1 heteroatoms. The highest BCUT2D eigenvalue weighted by Gasteiger charge is 2.15. The summed E-state index contributed by atoms with van der Waals surface area (Å²) < 4.78 is 0. The van der Waals surface area contributed by atoms with Crippen LogP contribution in [0.15, 0.2) is 60.3 Å². The largest absolute Gasteiger partial charge is 0.344 e. The molecule has 78 valence electrons. The average molecular weight is 207 g/mol. The van der Waals surface area contributed by atoms with Crippen molar-refractivity contribution in [3.63, 3.8) is 0 Å². The van der Waals surface area contributed by atoms with Crippen LogP contribution in [0, 0.1) is 12.3 Å². The summed E-state index contributed by atoms with van der Waals surface area (Å²) in [5.41, 5.74) is 3.98. The topological polar surface area (TPSA) is 3.24 Å². The molecule has 0 saturated carbocycles. The second-order valence-corrected chi connectivity index (χ2v) is 3.65. The van der Waals surface area contributed by atoms with Gasteiger partial charge in [0.05, 0.1) is 0 Å². The van der Waals surface area contributed by atoms with Gasteiger partial charge in [-0.05, 0) is 17.7 Å². The summed E-state index contributed by atoms with van der Waals surface area (Å²) in [6.07, 6.45) is 9.37. The molecule has 0 amide bonds. The van der Waals surface area contributed by atoms with E-state index in [1.807, 2.05) is 42.3 Å². The standard InChI is InChI=1S/C15H13N/c1-4-13-10-11-15(16(3)12(13)2)14-8-6-5-7-9-14/h1,5-11H,2H2,3H3. The van der Waals surface area contributed by atoms with E-state index in [9.17, 15) is 0 Å². The Bertz CT molecular complexity index is 512. The van der Waals surface area contributed by atoms with E-state index < -0.39 is 0 Å². The number of rotatable bonds is 1. The molecule has 0 radical (unpaired) electrons. The van der Waals surface area contributed by atoms with Crippen LogP contribution in [0.25, 0.3) is 5.70 Å². The average Bonchev–Trinajstić information content (AvgIpc) is 2.34. The molecule has 0 unspecified atom stereocenters. The first kappa shape index (κ1) is 10.3. The number of hydrogen-bond acceptors (Lipinski definition) is 1. The Labute approximate surface area is 96.4 Å². The van der Waals surface area contributed by atoms with Crippen LogP contribution in [-0.2, 0) is 0 Å². The van der Waals surface area contributed by atoms with Gasteiger partial charge in [-0.15, -0.1) is 6.42 Å². The molecule has 1 aromatic carbocycles. The molecule has 0 aromatic heterocycles. The number of terminal acetylenes is 1. The molecule has 0 aliphatic carbocycles. The fourth-order valence-corrected chi connectivity index (χ4v) is 1.73. The normalized spacial score (nSPS) is 15.2. The van der Waals surface area contributed by atoms with Crippen molar-refractivity contribution in [1.82, 2.24) is 4.90 Å². The predicted octanol–water partition coefficient (Wildman–Crippen LogP) is 3.05. The van der Waals surface area contributed by atoms with Crippen LogP contribution in [0.1, 0.15) is 5.56 Å². The van der Waals surface area contributed by atoms with Crippen LogP contribution < -0.4 is 0 Å². The summed E-state index contributed by atoms with van der Waals surface area (Å²) in [5, 5.41) is 0. The van der Waals surface area contributed by atoms with Crippen molar-refractivity contribution in [1.29, 1.82) is 0 Å².